The number of nitrogens with one attached hydrogen (secondary N) is 2. The van der Waals surface area contributed by atoms with Gasteiger partial charge in [-0.1, -0.05) is 38.1 Å². The van der Waals surface area contributed by atoms with E-state index >= 15 is 0 Å². The van der Waals surface area contributed by atoms with Crippen molar-refractivity contribution < 1.29 is 21.6 Å². The van der Waals surface area contributed by atoms with Crippen molar-refractivity contribution in [3.05, 3.63) is 71.4 Å². The van der Waals surface area contributed by atoms with Gasteiger partial charge in [-0.25, -0.2) is 13.4 Å². The van der Waals surface area contributed by atoms with Crippen LogP contribution in [0.2, 0.25) is 0 Å². The zero-order valence-electron chi connectivity index (χ0n) is 19.2. The van der Waals surface area contributed by atoms with Gasteiger partial charge in [0.15, 0.2) is 0 Å². The van der Waals surface area contributed by atoms with E-state index in [0.717, 1.165) is 22.3 Å². The lowest BCUT2D eigenvalue weighted by Gasteiger charge is -2.18. The smallest absolute Gasteiger partial charge is 0.365 e. The van der Waals surface area contributed by atoms with Gasteiger partial charge in [0.25, 0.3) is 0 Å². The number of rotatable bonds is 8. The molecule has 2 N–H and O–H groups in total. The molecule has 0 aliphatic heterocycles. The number of benzene rings is 2. The average Bonchev–Trinajstić information content (AvgIpc) is 2.76. The van der Waals surface area contributed by atoms with Crippen LogP contribution in [0.5, 0.6) is 0 Å². The van der Waals surface area contributed by atoms with Crippen molar-refractivity contribution >= 4 is 33.2 Å². The largest absolute Gasteiger partial charge is 0.421 e. The molecule has 0 aliphatic rings. The second kappa shape index (κ2) is 9.88. The molecular formula is C23H26F3N5O2S. The van der Waals surface area contributed by atoms with Crippen molar-refractivity contribution in [2.24, 2.45) is 0 Å². The van der Waals surface area contributed by atoms with E-state index < -0.39 is 21.8 Å². The molecule has 0 fully saturated rings. The molecule has 0 saturated heterocycles. The van der Waals surface area contributed by atoms with Crippen LogP contribution >= 0.6 is 0 Å². The van der Waals surface area contributed by atoms with E-state index in [4.69, 9.17) is 0 Å². The number of alkyl halides is 3. The number of anilines is 4. The van der Waals surface area contributed by atoms with Crippen molar-refractivity contribution in [3.63, 3.8) is 0 Å². The summed E-state index contributed by atoms with van der Waals surface area (Å²) in [7, 11) is -2.07. The highest BCUT2D eigenvalue weighted by atomic mass is 32.2. The molecule has 0 unspecified atom stereocenters. The first-order valence-electron chi connectivity index (χ1n) is 10.4. The molecule has 0 aliphatic carbocycles. The van der Waals surface area contributed by atoms with Crippen LogP contribution in [0.3, 0.4) is 0 Å². The Bertz CT molecular complexity index is 1250. The normalized spacial score (nSPS) is 12.0. The topological polar surface area (TPSA) is 87.2 Å². The van der Waals surface area contributed by atoms with Crippen LogP contribution in [-0.2, 0) is 22.7 Å². The van der Waals surface area contributed by atoms with Crippen molar-refractivity contribution in [2.75, 3.05) is 28.2 Å². The molecule has 34 heavy (non-hydrogen) atoms. The predicted octanol–water partition coefficient (Wildman–Crippen LogP) is 5.37. The zero-order chi connectivity index (χ0) is 25.1. The molecule has 1 heterocycles. The Hall–Kier alpha value is -3.34. The van der Waals surface area contributed by atoms with E-state index in [9.17, 15) is 21.6 Å². The summed E-state index contributed by atoms with van der Waals surface area (Å²) >= 11 is 0. The highest BCUT2D eigenvalue weighted by Crippen LogP contribution is 2.34. The maximum absolute atomic E-state index is 13.5. The van der Waals surface area contributed by atoms with Crippen LogP contribution in [0.25, 0.3) is 0 Å². The Kier molecular flexibility index (Phi) is 7.35. The molecular weight excluding hydrogens is 467 g/mol. The zero-order valence-corrected chi connectivity index (χ0v) is 20.0. The third-order valence-corrected chi connectivity index (χ3v) is 6.37. The van der Waals surface area contributed by atoms with Gasteiger partial charge < -0.3 is 10.6 Å². The summed E-state index contributed by atoms with van der Waals surface area (Å²) in [6, 6.07) is 14.0. The molecule has 11 heteroatoms. The van der Waals surface area contributed by atoms with Gasteiger partial charge in [-0.3, -0.25) is 4.31 Å². The van der Waals surface area contributed by atoms with E-state index in [1.807, 2.05) is 24.3 Å². The number of sulfonamides is 1. The molecule has 182 valence electrons. The number of halogens is 3. The molecule has 7 nitrogen and oxygen atoms in total. The molecule has 2 aromatic carbocycles. The van der Waals surface area contributed by atoms with E-state index in [1.54, 1.807) is 24.3 Å². The Morgan fingerprint density at radius 1 is 1.09 bits per heavy atom. The molecule has 3 aromatic rings. The van der Waals surface area contributed by atoms with Crippen LogP contribution in [0.4, 0.5) is 36.3 Å². The molecule has 0 radical (unpaired) electrons. The van der Waals surface area contributed by atoms with Crippen molar-refractivity contribution in [1.29, 1.82) is 0 Å². The first-order valence-corrected chi connectivity index (χ1v) is 12.3. The lowest BCUT2D eigenvalue weighted by atomic mass is 10.0. The lowest BCUT2D eigenvalue weighted by Crippen LogP contribution is -2.24. The quantitative estimate of drug-likeness (QED) is 0.439. The monoisotopic (exact) mass is 493 g/mol. The molecule has 0 atom stereocenters. The maximum Gasteiger partial charge on any atom is 0.421 e. The second-order valence-electron chi connectivity index (χ2n) is 8.11. The predicted molar refractivity (Wildman–Crippen MR) is 128 cm³/mol. The minimum atomic E-state index is -4.65. The SMILES string of the molecule is CC(C)c1ccc(Nc2ncc(C(F)(F)F)c(NCc3cccc(N(C)S(C)(=O)=O)c3)n2)cc1. The Morgan fingerprint density at radius 3 is 2.35 bits per heavy atom. The molecule has 0 spiro atoms. The first kappa shape index (κ1) is 25.3. The Labute approximate surface area is 197 Å². The van der Waals surface area contributed by atoms with Gasteiger partial charge in [-0.05, 0) is 41.3 Å². The number of nitrogens with zero attached hydrogens (tertiary/aromatic N) is 3. The minimum Gasteiger partial charge on any atom is -0.365 e. The maximum atomic E-state index is 13.5. The van der Waals surface area contributed by atoms with Gasteiger partial charge in [-0.15, -0.1) is 0 Å². The standard InChI is InChI=1S/C23H26F3N5O2S/c1-15(2)17-8-10-18(11-9-17)29-22-28-14-20(23(24,25)26)21(30-22)27-13-16-6-5-7-19(12-16)31(3)34(4,32)33/h5-12,14-15H,13H2,1-4H3,(H2,27,28,29,30). The Balaban J connectivity index is 1.83. The molecule has 0 bridgehead atoms. The number of hydrogen-bond donors (Lipinski definition) is 2. The van der Waals surface area contributed by atoms with E-state index in [2.05, 4.69) is 34.4 Å². The average molecular weight is 494 g/mol. The third-order valence-electron chi connectivity index (χ3n) is 5.16. The van der Waals surface area contributed by atoms with Crippen LogP contribution in [0.15, 0.2) is 54.7 Å². The van der Waals surface area contributed by atoms with Gasteiger partial charge in [0.1, 0.15) is 11.4 Å². The summed E-state index contributed by atoms with van der Waals surface area (Å²) < 4.78 is 65.3. The highest BCUT2D eigenvalue weighted by Gasteiger charge is 2.35. The van der Waals surface area contributed by atoms with E-state index in [-0.39, 0.29) is 18.3 Å². The number of aromatic nitrogens is 2. The fraction of sp³-hybridized carbons (Fsp3) is 0.304. The van der Waals surface area contributed by atoms with Crippen LogP contribution < -0.4 is 14.9 Å². The summed E-state index contributed by atoms with van der Waals surface area (Å²) in [5.41, 5.74) is 1.75. The summed E-state index contributed by atoms with van der Waals surface area (Å²) in [5, 5.41) is 5.64. The fourth-order valence-electron chi connectivity index (χ4n) is 3.10. The first-order chi connectivity index (χ1) is 15.8. The summed E-state index contributed by atoms with van der Waals surface area (Å²) in [4.78, 5) is 7.87. The minimum absolute atomic E-state index is 0.00589. The molecule has 1 aromatic heterocycles. The van der Waals surface area contributed by atoms with Crippen LogP contribution in [0, 0.1) is 0 Å². The van der Waals surface area contributed by atoms with Crippen molar-refractivity contribution in [1.82, 2.24) is 9.97 Å². The Morgan fingerprint density at radius 2 is 1.76 bits per heavy atom. The molecule has 0 saturated carbocycles. The van der Waals surface area contributed by atoms with Gasteiger partial charge in [0, 0.05) is 25.5 Å². The summed E-state index contributed by atoms with van der Waals surface area (Å²) in [6.45, 7) is 4.12. The summed E-state index contributed by atoms with van der Waals surface area (Å²) in [5.74, 6) is -0.0214. The third kappa shape index (κ3) is 6.37. The van der Waals surface area contributed by atoms with Crippen LogP contribution in [-0.4, -0.2) is 31.7 Å². The second-order valence-corrected chi connectivity index (χ2v) is 10.1. The fourth-order valence-corrected chi connectivity index (χ4v) is 3.60. The highest BCUT2D eigenvalue weighted by molar-refractivity contribution is 7.92. The van der Waals surface area contributed by atoms with Crippen molar-refractivity contribution in [2.45, 2.75) is 32.5 Å². The lowest BCUT2D eigenvalue weighted by molar-refractivity contribution is -0.137. The van der Waals surface area contributed by atoms with Gasteiger partial charge >= 0.3 is 6.18 Å². The van der Waals surface area contributed by atoms with Crippen molar-refractivity contribution in [3.8, 4) is 0 Å². The van der Waals surface area contributed by atoms with Gasteiger partial charge in [0.2, 0.25) is 16.0 Å². The van der Waals surface area contributed by atoms with Gasteiger partial charge in [0.05, 0.1) is 11.9 Å². The number of hydrogen-bond acceptors (Lipinski definition) is 6. The van der Waals surface area contributed by atoms with Crippen LogP contribution in [0.1, 0.15) is 36.5 Å². The van der Waals surface area contributed by atoms with Gasteiger partial charge in [-0.2, -0.15) is 18.2 Å². The molecule has 0 amide bonds. The summed E-state index contributed by atoms with van der Waals surface area (Å²) in [6.07, 6.45) is -2.86. The molecule has 3 rings (SSSR count). The van der Waals surface area contributed by atoms with E-state index in [0.29, 0.717) is 22.9 Å². The van der Waals surface area contributed by atoms with E-state index in [1.165, 1.54) is 7.05 Å².